The minimum Gasteiger partial charge on any atom is -0.379 e. The van der Waals surface area contributed by atoms with E-state index in [1.165, 1.54) is 0 Å². The molecular weight excluding hydrogens is 354 g/mol. The van der Waals surface area contributed by atoms with Crippen LogP contribution in [-0.4, -0.2) is 13.0 Å². The van der Waals surface area contributed by atoms with Crippen molar-refractivity contribution in [2.24, 2.45) is 0 Å². The first-order chi connectivity index (χ1) is 13.3. The Labute approximate surface area is 165 Å². The fourth-order valence-electron chi connectivity index (χ4n) is 2.85. The van der Waals surface area contributed by atoms with E-state index >= 15 is 0 Å². The number of benzene rings is 2. The van der Waals surface area contributed by atoms with E-state index in [0.717, 1.165) is 29.2 Å². The molecule has 4 heteroatoms. The Morgan fingerprint density at radius 2 is 1.86 bits per heavy atom. The first-order valence-electron chi connectivity index (χ1n) is 8.82. The third kappa shape index (κ3) is 5.56. The van der Waals surface area contributed by atoms with Crippen LogP contribution in [0.15, 0.2) is 48.2 Å². The fraction of sp³-hybridized carbons (Fsp3) is 0.208. The van der Waals surface area contributed by atoms with Crippen LogP contribution in [0.5, 0.6) is 0 Å². The van der Waals surface area contributed by atoms with Gasteiger partial charge in [0.2, 0.25) is 5.92 Å². The van der Waals surface area contributed by atoms with E-state index in [9.17, 15) is 14.0 Å². The molecule has 28 heavy (non-hydrogen) atoms. The number of alkyl halides is 2. The highest BCUT2D eigenvalue weighted by Gasteiger charge is 2.22. The molecule has 142 valence electrons. The molecule has 0 amide bonds. The normalized spacial score (nSPS) is 12.2. The second-order valence-electron chi connectivity index (χ2n) is 6.65. The van der Waals surface area contributed by atoms with E-state index in [4.69, 9.17) is 6.42 Å². The molecule has 0 aromatic heterocycles. The number of nitrogens with one attached hydrogen (secondary N) is 1. The van der Waals surface area contributed by atoms with Crippen molar-refractivity contribution >= 4 is 17.7 Å². The van der Waals surface area contributed by atoms with Crippen LogP contribution in [0, 0.1) is 30.6 Å². The monoisotopic (exact) mass is 376 g/mol. The predicted molar refractivity (Wildman–Crippen MR) is 111 cm³/mol. The Kier molecular flexibility index (Phi) is 6.74. The van der Waals surface area contributed by atoms with Crippen molar-refractivity contribution in [3.63, 3.8) is 0 Å². The molecule has 2 aromatic rings. The summed E-state index contributed by atoms with van der Waals surface area (Å²) in [6.45, 7) is 2.76. The molecule has 1 N–H and O–H groups in total. The zero-order chi connectivity index (χ0) is 20.7. The van der Waals surface area contributed by atoms with Gasteiger partial charge in [-0.1, -0.05) is 54.5 Å². The SMILES string of the molecule is C#C/C(=C(/C#N)NC)c1cccc(/C=C/c2ccc(C)c(CC(C)(F)F)c2)c1. The van der Waals surface area contributed by atoms with Gasteiger partial charge in [-0.05, 0) is 47.7 Å². The van der Waals surface area contributed by atoms with Crippen molar-refractivity contribution in [1.82, 2.24) is 5.32 Å². The smallest absolute Gasteiger partial charge is 0.249 e. The molecule has 0 unspecified atom stereocenters. The molecule has 2 rings (SSSR count). The van der Waals surface area contributed by atoms with E-state index in [2.05, 4.69) is 17.3 Å². The van der Waals surface area contributed by atoms with Gasteiger partial charge in [0.05, 0.1) is 5.57 Å². The zero-order valence-corrected chi connectivity index (χ0v) is 16.2. The van der Waals surface area contributed by atoms with Crippen LogP contribution in [0.4, 0.5) is 8.78 Å². The van der Waals surface area contributed by atoms with Gasteiger partial charge >= 0.3 is 0 Å². The molecular formula is C24H22F2N2. The number of nitriles is 1. The van der Waals surface area contributed by atoms with Crippen molar-refractivity contribution in [2.75, 3.05) is 7.05 Å². The van der Waals surface area contributed by atoms with Crippen LogP contribution in [0.2, 0.25) is 0 Å². The van der Waals surface area contributed by atoms with Crippen LogP contribution in [-0.2, 0) is 6.42 Å². The lowest BCUT2D eigenvalue weighted by molar-refractivity contribution is 0.0224. The topological polar surface area (TPSA) is 35.8 Å². The molecule has 0 heterocycles. The van der Waals surface area contributed by atoms with Crippen molar-refractivity contribution in [2.45, 2.75) is 26.2 Å². The molecule has 0 radical (unpaired) electrons. The maximum Gasteiger partial charge on any atom is 0.249 e. The Morgan fingerprint density at radius 1 is 1.18 bits per heavy atom. The van der Waals surface area contributed by atoms with Gasteiger partial charge in [0, 0.05) is 13.5 Å². The van der Waals surface area contributed by atoms with Crippen LogP contribution in [0.3, 0.4) is 0 Å². The van der Waals surface area contributed by atoms with Gasteiger partial charge in [0.1, 0.15) is 11.8 Å². The van der Waals surface area contributed by atoms with Crippen LogP contribution >= 0.6 is 0 Å². The number of hydrogen-bond donors (Lipinski definition) is 1. The van der Waals surface area contributed by atoms with Crippen LogP contribution in [0.25, 0.3) is 17.7 Å². The Morgan fingerprint density at radius 3 is 2.43 bits per heavy atom. The van der Waals surface area contributed by atoms with Crippen molar-refractivity contribution in [3.8, 4) is 18.4 Å². The molecule has 0 aliphatic rings. The number of aryl methyl sites for hydroxylation is 1. The second-order valence-corrected chi connectivity index (χ2v) is 6.65. The van der Waals surface area contributed by atoms with Gasteiger partial charge in [-0.25, -0.2) is 8.78 Å². The van der Waals surface area contributed by atoms with Gasteiger partial charge in [0.25, 0.3) is 0 Å². The van der Waals surface area contributed by atoms with Crippen molar-refractivity contribution in [1.29, 1.82) is 5.26 Å². The van der Waals surface area contributed by atoms with E-state index in [0.29, 0.717) is 16.8 Å². The van der Waals surface area contributed by atoms with E-state index in [-0.39, 0.29) is 6.42 Å². The summed E-state index contributed by atoms with van der Waals surface area (Å²) in [5, 5.41) is 12.0. The number of allylic oxidation sites excluding steroid dienone is 2. The quantitative estimate of drug-likeness (QED) is 0.413. The molecule has 0 spiro atoms. The third-order valence-electron chi connectivity index (χ3n) is 4.27. The average molecular weight is 376 g/mol. The van der Waals surface area contributed by atoms with Crippen LogP contribution < -0.4 is 5.32 Å². The summed E-state index contributed by atoms with van der Waals surface area (Å²) in [6.07, 6.45) is 9.05. The highest BCUT2D eigenvalue weighted by atomic mass is 19.3. The lowest BCUT2D eigenvalue weighted by Gasteiger charge is -2.13. The van der Waals surface area contributed by atoms with E-state index in [1.54, 1.807) is 13.1 Å². The molecule has 0 saturated heterocycles. The molecule has 2 aromatic carbocycles. The number of halogens is 2. The highest BCUT2D eigenvalue weighted by Crippen LogP contribution is 2.24. The Bertz CT molecular complexity index is 996. The summed E-state index contributed by atoms with van der Waals surface area (Å²) in [6, 6.07) is 15.1. The van der Waals surface area contributed by atoms with E-state index < -0.39 is 5.92 Å². The molecule has 0 atom stereocenters. The number of terminal acetylenes is 1. The summed E-state index contributed by atoms with van der Waals surface area (Å²) < 4.78 is 26.8. The Hall–Kier alpha value is -3.37. The molecule has 0 bridgehead atoms. The van der Waals surface area contributed by atoms with Gasteiger partial charge in [-0.2, -0.15) is 5.26 Å². The lowest BCUT2D eigenvalue weighted by Crippen LogP contribution is -2.14. The second kappa shape index (κ2) is 9.02. The van der Waals surface area contributed by atoms with Crippen LogP contribution in [0.1, 0.15) is 34.7 Å². The lowest BCUT2D eigenvalue weighted by atomic mass is 9.98. The predicted octanol–water partition coefficient (Wildman–Crippen LogP) is 5.45. The van der Waals surface area contributed by atoms with Crippen molar-refractivity contribution in [3.05, 3.63) is 76.0 Å². The largest absolute Gasteiger partial charge is 0.379 e. The maximum absolute atomic E-state index is 13.4. The summed E-state index contributed by atoms with van der Waals surface area (Å²) in [4.78, 5) is 0. The summed E-state index contributed by atoms with van der Waals surface area (Å²) in [5.74, 6) is -0.189. The minimum absolute atomic E-state index is 0.284. The zero-order valence-electron chi connectivity index (χ0n) is 16.2. The van der Waals surface area contributed by atoms with E-state index in [1.807, 2.05) is 55.5 Å². The van der Waals surface area contributed by atoms with Gasteiger partial charge in [-0.15, -0.1) is 6.42 Å². The number of nitrogens with zero attached hydrogens (tertiary/aromatic N) is 1. The molecule has 0 aliphatic carbocycles. The molecule has 0 aliphatic heterocycles. The first-order valence-corrected chi connectivity index (χ1v) is 8.82. The fourth-order valence-corrected chi connectivity index (χ4v) is 2.85. The summed E-state index contributed by atoms with van der Waals surface area (Å²) in [7, 11) is 1.65. The molecule has 0 fully saturated rings. The number of hydrogen-bond acceptors (Lipinski definition) is 2. The van der Waals surface area contributed by atoms with Gasteiger partial charge < -0.3 is 5.32 Å². The standard InChI is InChI=1S/C24H22F2N2/c1-5-22(23(16-27)28-4)20-8-6-7-18(13-20)11-12-19-10-9-17(2)21(14-19)15-24(3,25)26/h1,6-14,28H,15H2,2-4H3/b12-11+,23-22+. The van der Waals surface area contributed by atoms with Crippen molar-refractivity contribution < 1.29 is 8.78 Å². The Balaban J connectivity index is 2.34. The number of rotatable bonds is 6. The summed E-state index contributed by atoms with van der Waals surface area (Å²) >= 11 is 0. The summed E-state index contributed by atoms with van der Waals surface area (Å²) in [5.41, 5.74) is 4.79. The highest BCUT2D eigenvalue weighted by molar-refractivity contribution is 5.84. The van der Waals surface area contributed by atoms with Gasteiger partial charge in [0.15, 0.2) is 0 Å². The average Bonchev–Trinajstić information content (AvgIpc) is 2.65. The first kappa shape index (κ1) is 20.9. The third-order valence-corrected chi connectivity index (χ3v) is 4.27. The van der Waals surface area contributed by atoms with Gasteiger partial charge in [-0.3, -0.25) is 0 Å². The minimum atomic E-state index is -2.74. The molecule has 0 saturated carbocycles. The maximum atomic E-state index is 13.4. The molecule has 2 nitrogen and oxygen atoms in total.